The van der Waals surface area contributed by atoms with E-state index < -0.39 is 11.9 Å². The molecule has 0 bridgehead atoms. The van der Waals surface area contributed by atoms with Crippen molar-refractivity contribution in [3.63, 3.8) is 0 Å². The molecule has 2 atom stereocenters. The molecule has 0 aliphatic heterocycles. The van der Waals surface area contributed by atoms with Gasteiger partial charge in [-0.25, -0.2) is 0 Å². The molecule has 0 saturated heterocycles. The fourth-order valence-electron chi connectivity index (χ4n) is 2.95. The van der Waals surface area contributed by atoms with E-state index in [1.54, 1.807) is 0 Å². The van der Waals surface area contributed by atoms with Crippen molar-refractivity contribution in [2.24, 2.45) is 11.8 Å². The molecule has 0 aromatic heterocycles. The summed E-state index contributed by atoms with van der Waals surface area (Å²) < 4.78 is 0. The Hall–Kier alpha value is -1.06. The molecule has 0 heterocycles. The third kappa shape index (κ3) is 2.85. The summed E-state index contributed by atoms with van der Waals surface area (Å²) in [5.41, 5.74) is 0. The predicted molar refractivity (Wildman–Crippen MR) is 68.1 cm³/mol. The van der Waals surface area contributed by atoms with Crippen LogP contribution < -0.4 is 0 Å². The van der Waals surface area contributed by atoms with E-state index in [1.165, 1.54) is 0 Å². The van der Waals surface area contributed by atoms with Crippen molar-refractivity contribution in [3.8, 4) is 0 Å². The lowest BCUT2D eigenvalue weighted by atomic mass is 9.94. The number of carbonyl (C=O) groups excluding carboxylic acids is 1. The maximum absolute atomic E-state index is 12.5. The van der Waals surface area contributed by atoms with Gasteiger partial charge >= 0.3 is 5.97 Å². The second-order valence-corrected chi connectivity index (χ2v) is 5.60. The molecule has 1 amide bonds. The summed E-state index contributed by atoms with van der Waals surface area (Å²) in [6.07, 6.45) is 6.58. The number of aliphatic carboxylic acids is 1. The first-order valence-electron chi connectivity index (χ1n) is 7.18. The van der Waals surface area contributed by atoms with E-state index in [2.05, 4.69) is 6.92 Å². The number of hydrogen-bond donors (Lipinski definition) is 1. The molecule has 1 N–H and O–H groups in total. The van der Waals surface area contributed by atoms with Crippen molar-refractivity contribution in [3.05, 3.63) is 0 Å². The van der Waals surface area contributed by atoms with E-state index in [9.17, 15) is 14.7 Å². The number of carboxylic acids is 1. The molecular formula is C14H23NO3. The van der Waals surface area contributed by atoms with Gasteiger partial charge in [-0.2, -0.15) is 0 Å². The lowest BCUT2D eigenvalue weighted by Gasteiger charge is -2.27. The second kappa shape index (κ2) is 5.72. The summed E-state index contributed by atoms with van der Waals surface area (Å²) in [5, 5.41) is 9.17. The maximum atomic E-state index is 12.5. The molecule has 2 aliphatic rings. The van der Waals surface area contributed by atoms with Gasteiger partial charge in [0.2, 0.25) is 5.91 Å². The molecule has 2 saturated carbocycles. The van der Waals surface area contributed by atoms with Gasteiger partial charge in [-0.05, 0) is 32.1 Å². The van der Waals surface area contributed by atoms with E-state index in [4.69, 9.17) is 0 Å². The smallest absolute Gasteiger partial charge is 0.307 e. The Morgan fingerprint density at radius 1 is 1.17 bits per heavy atom. The van der Waals surface area contributed by atoms with Crippen LogP contribution in [0.5, 0.6) is 0 Å². The van der Waals surface area contributed by atoms with Crippen molar-refractivity contribution in [1.82, 2.24) is 4.90 Å². The average molecular weight is 253 g/mol. The highest BCUT2D eigenvalue weighted by Crippen LogP contribution is 2.36. The molecule has 2 fully saturated rings. The first-order chi connectivity index (χ1) is 8.65. The molecule has 0 spiro atoms. The van der Waals surface area contributed by atoms with Crippen LogP contribution in [0, 0.1) is 11.8 Å². The van der Waals surface area contributed by atoms with Crippen LogP contribution >= 0.6 is 0 Å². The fraction of sp³-hybridized carbons (Fsp3) is 0.857. The second-order valence-electron chi connectivity index (χ2n) is 5.60. The summed E-state index contributed by atoms with van der Waals surface area (Å²) in [6, 6.07) is 0.402. The third-order valence-electron chi connectivity index (χ3n) is 4.17. The largest absolute Gasteiger partial charge is 0.481 e. The molecule has 0 unspecified atom stereocenters. The van der Waals surface area contributed by atoms with E-state index in [1.807, 2.05) is 4.90 Å². The Bertz CT molecular complexity index is 325. The van der Waals surface area contributed by atoms with Crippen LogP contribution in [-0.2, 0) is 9.59 Å². The minimum absolute atomic E-state index is 0.107. The number of hydrogen-bond acceptors (Lipinski definition) is 2. The predicted octanol–water partition coefficient (Wildman–Crippen LogP) is 2.28. The van der Waals surface area contributed by atoms with Gasteiger partial charge in [0, 0.05) is 12.6 Å². The number of carbonyl (C=O) groups is 2. The number of carboxylic acid groups (broad SMARTS) is 1. The first kappa shape index (κ1) is 13.4. The highest BCUT2D eigenvalue weighted by Gasteiger charge is 2.42. The van der Waals surface area contributed by atoms with Gasteiger partial charge in [-0.1, -0.05) is 19.8 Å². The van der Waals surface area contributed by atoms with Crippen LogP contribution in [0.4, 0.5) is 0 Å². The first-order valence-corrected chi connectivity index (χ1v) is 7.18. The monoisotopic (exact) mass is 253 g/mol. The molecule has 2 rings (SSSR count). The summed E-state index contributed by atoms with van der Waals surface area (Å²) in [4.78, 5) is 25.6. The minimum Gasteiger partial charge on any atom is -0.481 e. The van der Waals surface area contributed by atoms with Gasteiger partial charge in [-0.15, -0.1) is 0 Å². The Morgan fingerprint density at radius 2 is 1.83 bits per heavy atom. The maximum Gasteiger partial charge on any atom is 0.307 e. The zero-order valence-electron chi connectivity index (χ0n) is 11.1. The zero-order chi connectivity index (χ0) is 13.1. The zero-order valence-corrected chi connectivity index (χ0v) is 11.1. The Kier molecular flexibility index (Phi) is 4.25. The highest BCUT2D eigenvalue weighted by atomic mass is 16.4. The van der Waals surface area contributed by atoms with Crippen molar-refractivity contribution < 1.29 is 14.7 Å². The van der Waals surface area contributed by atoms with Crippen molar-refractivity contribution in [2.75, 3.05) is 6.54 Å². The van der Waals surface area contributed by atoms with Gasteiger partial charge in [0.15, 0.2) is 0 Å². The normalized spacial score (nSPS) is 27.2. The van der Waals surface area contributed by atoms with Crippen LogP contribution in [0.1, 0.15) is 51.9 Å². The van der Waals surface area contributed by atoms with E-state index in [0.717, 1.165) is 45.1 Å². The summed E-state index contributed by atoms with van der Waals surface area (Å²) in [5.74, 6) is -1.40. The molecule has 0 aromatic rings. The fourth-order valence-corrected chi connectivity index (χ4v) is 2.95. The van der Waals surface area contributed by atoms with Crippen LogP contribution in [0.3, 0.4) is 0 Å². The van der Waals surface area contributed by atoms with Gasteiger partial charge < -0.3 is 10.0 Å². The van der Waals surface area contributed by atoms with Crippen LogP contribution in [-0.4, -0.2) is 34.5 Å². The minimum atomic E-state index is -0.794. The highest BCUT2D eigenvalue weighted by molar-refractivity contribution is 5.85. The third-order valence-corrected chi connectivity index (χ3v) is 4.17. The SMILES string of the molecule is CCCCN(C(=O)[C@@H]1CCC[C@@H]1C(=O)O)C1CC1. The molecular weight excluding hydrogens is 230 g/mol. The number of unbranched alkanes of at least 4 members (excludes halogenated alkanes) is 1. The Morgan fingerprint density at radius 3 is 2.39 bits per heavy atom. The Balaban J connectivity index is 2.00. The van der Waals surface area contributed by atoms with E-state index in [0.29, 0.717) is 12.5 Å². The molecule has 4 heteroatoms. The number of rotatable bonds is 6. The molecule has 4 nitrogen and oxygen atoms in total. The van der Waals surface area contributed by atoms with E-state index >= 15 is 0 Å². The molecule has 18 heavy (non-hydrogen) atoms. The molecule has 2 aliphatic carbocycles. The standard InChI is InChI=1S/C14H23NO3/c1-2-3-9-15(10-7-8-10)13(16)11-5-4-6-12(11)14(17)18/h10-12H,2-9H2,1H3,(H,17,18)/t11-,12+/m1/s1. The van der Waals surface area contributed by atoms with Gasteiger partial charge in [0.05, 0.1) is 11.8 Å². The van der Waals surface area contributed by atoms with E-state index in [-0.39, 0.29) is 11.8 Å². The lowest BCUT2D eigenvalue weighted by Crippen LogP contribution is -2.41. The quantitative estimate of drug-likeness (QED) is 0.790. The molecule has 0 aromatic carbocycles. The van der Waals surface area contributed by atoms with Crippen molar-refractivity contribution in [1.29, 1.82) is 0 Å². The average Bonchev–Trinajstić information content (AvgIpc) is 3.05. The van der Waals surface area contributed by atoms with Gasteiger partial charge in [-0.3, -0.25) is 9.59 Å². The topological polar surface area (TPSA) is 57.6 Å². The van der Waals surface area contributed by atoms with Crippen LogP contribution in [0.25, 0.3) is 0 Å². The van der Waals surface area contributed by atoms with Gasteiger partial charge in [0.1, 0.15) is 0 Å². The number of amides is 1. The molecule has 0 radical (unpaired) electrons. The molecule has 102 valence electrons. The lowest BCUT2D eigenvalue weighted by molar-refractivity contribution is -0.149. The van der Waals surface area contributed by atoms with Gasteiger partial charge in [0.25, 0.3) is 0 Å². The summed E-state index contributed by atoms with van der Waals surface area (Å²) in [6.45, 7) is 2.92. The summed E-state index contributed by atoms with van der Waals surface area (Å²) >= 11 is 0. The van der Waals surface area contributed by atoms with Crippen LogP contribution in [0.2, 0.25) is 0 Å². The summed E-state index contributed by atoms with van der Waals surface area (Å²) in [7, 11) is 0. The Labute approximate surface area is 108 Å². The van der Waals surface area contributed by atoms with Crippen LogP contribution in [0.15, 0.2) is 0 Å². The van der Waals surface area contributed by atoms with Crippen molar-refractivity contribution in [2.45, 2.75) is 57.9 Å². The number of nitrogens with zero attached hydrogens (tertiary/aromatic N) is 1. The van der Waals surface area contributed by atoms with Crippen molar-refractivity contribution >= 4 is 11.9 Å².